The molecule has 1 aliphatic rings. The second-order valence-electron chi connectivity index (χ2n) is 3.74. The van der Waals surface area contributed by atoms with Gasteiger partial charge in [0, 0.05) is 16.6 Å². The van der Waals surface area contributed by atoms with Crippen LogP contribution in [0.2, 0.25) is 5.02 Å². The number of nitrogens with zero attached hydrogens (tertiary/aromatic N) is 1. The first kappa shape index (κ1) is 9.87. The molecular weight excluding hydrogens is 226 g/mol. The first-order chi connectivity index (χ1) is 7.83. The second-order valence-corrected chi connectivity index (χ2v) is 4.17. The van der Waals surface area contributed by atoms with Gasteiger partial charge in [0.05, 0.1) is 12.1 Å². The molecule has 0 unspecified atom stereocenters. The summed E-state index contributed by atoms with van der Waals surface area (Å²) in [6.45, 7) is 1.40. The Morgan fingerprint density at radius 3 is 3.12 bits per heavy atom. The van der Waals surface area contributed by atoms with Gasteiger partial charge in [-0.1, -0.05) is 11.6 Å². The van der Waals surface area contributed by atoms with Crippen molar-refractivity contribution in [2.75, 3.05) is 13.2 Å². The molecule has 1 fully saturated rings. The lowest BCUT2D eigenvalue weighted by atomic mass is 10.2. The van der Waals surface area contributed by atoms with Crippen LogP contribution in [0.1, 0.15) is 0 Å². The van der Waals surface area contributed by atoms with Gasteiger partial charge < -0.3 is 9.47 Å². The summed E-state index contributed by atoms with van der Waals surface area (Å²) < 4.78 is 10.8. The number of hydrogen-bond acceptors (Lipinski definition) is 3. The smallest absolute Gasteiger partial charge is 0.130 e. The number of rotatable bonds is 3. The molecule has 1 aromatic heterocycles. The number of aromatic nitrogens is 1. The van der Waals surface area contributed by atoms with Crippen LogP contribution < -0.4 is 4.74 Å². The quantitative estimate of drug-likeness (QED) is 0.768. The van der Waals surface area contributed by atoms with Crippen LogP contribution in [0.4, 0.5) is 0 Å². The van der Waals surface area contributed by atoms with Gasteiger partial charge in [0.25, 0.3) is 0 Å². The van der Waals surface area contributed by atoms with E-state index in [1.165, 1.54) is 0 Å². The normalized spacial score (nSPS) is 18.7. The van der Waals surface area contributed by atoms with Crippen molar-refractivity contribution in [3.05, 3.63) is 35.5 Å². The Balaban J connectivity index is 1.95. The lowest BCUT2D eigenvalue weighted by molar-refractivity contribution is 0.265. The fourth-order valence-electron chi connectivity index (χ4n) is 1.57. The van der Waals surface area contributed by atoms with Crippen molar-refractivity contribution in [1.82, 2.24) is 4.98 Å². The van der Waals surface area contributed by atoms with Gasteiger partial charge in [0.15, 0.2) is 0 Å². The summed E-state index contributed by atoms with van der Waals surface area (Å²) >= 11 is 5.91. The summed E-state index contributed by atoms with van der Waals surface area (Å²) in [5.74, 6) is 0.831. The predicted octanol–water partition coefficient (Wildman–Crippen LogP) is 2.67. The summed E-state index contributed by atoms with van der Waals surface area (Å²) in [5.41, 5.74) is 0.849. The maximum atomic E-state index is 5.91. The van der Waals surface area contributed by atoms with Crippen molar-refractivity contribution in [2.45, 2.75) is 6.10 Å². The third-order valence-electron chi connectivity index (χ3n) is 2.49. The third kappa shape index (κ3) is 1.96. The SMILES string of the molecule is Clc1ccc2c(OC[C@@H]3CO3)ccnc2c1. The minimum atomic E-state index is 0.260. The zero-order valence-electron chi connectivity index (χ0n) is 8.52. The minimum Gasteiger partial charge on any atom is -0.490 e. The predicted molar refractivity (Wildman–Crippen MR) is 62.0 cm³/mol. The molecule has 0 radical (unpaired) electrons. The average molecular weight is 236 g/mol. The van der Waals surface area contributed by atoms with Crippen molar-refractivity contribution in [3.8, 4) is 5.75 Å². The molecule has 1 aromatic carbocycles. The van der Waals surface area contributed by atoms with Crippen LogP contribution in [0.3, 0.4) is 0 Å². The Morgan fingerprint density at radius 2 is 2.31 bits per heavy atom. The van der Waals surface area contributed by atoms with E-state index in [9.17, 15) is 0 Å². The Labute approximate surface area is 98.0 Å². The Bertz CT molecular complexity index is 525. The summed E-state index contributed by atoms with van der Waals surface area (Å²) in [4.78, 5) is 4.25. The van der Waals surface area contributed by atoms with Gasteiger partial charge in [0.2, 0.25) is 0 Å². The van der Waals surface area contributed by atoms with Gasteiger partial charge in [-0.3, -0.25) is 4.98 Å². The van der Waals surface area contributed by atoms with Crippen molar-refractivity contribution in [3.63, 3.8) is 0 Å². The van der Waals surface area contributed by atoms with Crippen molar-refractivity contribution >= 4 is 22.5 Å². The maximum Gasteiger partial charge on any atom is 0.130 e. The van der Waals surface area contributed by atoms with E-state index in [1.54, 1.807) is 6.20 Å². The first-order valence-electron chi connectivity index (χ1n) is 5.11. The van der Waals surface area contributed by atoms with E-state index in [0.717, 1.165) is 23.3 Å². The minimum absolute atomic E-state index is 0.260. The molecule has 0 N–H and O–H groups in total. The van der Waals surface area contributed by atoms with Gasteiger partial charge >= 0.3 is 0 Å². The lowest BCUT2D eigenvalue weighted by Crippen LogP contribution is -2.04. The highest BCUT2D eigenvalue weighted by molar-refractivity contribution is 6.31. The van der Waals surface area contributed by atoms with E-state index in [4.69, 9.17) is 21.1 Å². The Kier molecular flexibility index (Phi) is 2.42. The number of fused-ring (bicyclic) bond motifs is 1. The molecule has 3 nitrogen and oxygen atoms in total. The van der Waals surface area contributed by atoms with Crippen LogP contribution in [0.25, 0.3) is 10.9 Å². The fraction of sp³-hybridized carbons (Fsp3) is 0.250. The summed E-state index contributed by atoms with van der Waals surface area (Å²) in [5, 5.41) is 1.66. The second kappa shape index (κ2) is 3.92. The Morgan fingerprint density at radius 1 is 1.44 bits per heavy atom. The lowest BCUT2D eigenvalue weighted by Gasteiger charge is -2.07. The van der Waals surface area contributed by atoms with Gasteiger partial charge in [0.1, 0.15) is 18.5 Å². The highest BCUT2D eigenvalue weighted by Crippen LogP contribution is 2.26. The van der Waals surface area contributed by atoms with Crippen LogP contribution in [-0.4, -0.2) is 24.3 Å². The van der Waals surface area contributed by atoms with E-state index in [2.05, 4.69) is 4.98 Å². The van der Waals surface area contributed by atoms with E-state index in [0.29, 0.717) is 11.6 Å². The Hall–Kier alpha value is -1.32. The molecule has 0 aliphatic carbocycles. The zero-order valence-corrected chi connectivity index (χ0v) is 9.28. The molecule has 1 atom stereocenters. The molecule has 2 heterocycles. The topological polar surface area (TPSA) is 34.6 Å². The first-order valence-corrected chi connectivity index (χ1v) is 5.49. The highest BCUT2D eigenvalue weighted by Gasteiger charge is 2.23. The summed E-state index contributed by atoms with van der Waals surface area (Å²) in [7, 11) is 0. The fourth-order valence-corrected chi connectivity index (χ4v) is 1.73. The molecule has 4 heteroatoms. The van der Waals surface area contributed by atoms with E-state index in [-0.39, 0.29) is 6.10 Å². The monoisotopic (exact) mass is 235 g/mol. The van der Waals surface area contributed by atoms with Crippen molar-refractivity contribution in [2.24, 2.45) is 0 Å². The van der Waals surface area contributed by atoms with E-state index in [1.807, 2.05) is 24.3 Å². The van der Waals surface area contributed by atoms with Crippen LogP contribution >= 0.6 is 11.6 Å². The van der Waals surface area contributed by atoms with Crippen LogP contribution in [0, 0.1) is 0 Å². The average Bonchev–Trinajstić information content (AvgIpc) is 3.09. The molecule has 1 aliphatic heterocycles. The van der Waals surface area contributed by atoms with E-state index >= 15 is 0 Å². The van der Waals surface area contributed by atoms with E-state index < -0.39 is 0 Å². The number of ether oxygens (including phenoxy) is 2. The molecule has 0 saturated carbocycles. The molecule has 0 amide bonds. The third-order valence-corrected chi connectivity index (χ3v) is 2.73. The van der Waals surface area contributed by atoms with Gasteiger partial charge in [-0.15, -0.1) is 0 Å². The molecule has 16 heavy (non-hydrogen) atoms. The zero-order chi connectivity index (χ0) is 11.0. The largest absolute Gasteiger partial charge is 0.490 e. The number of pyridine rings is 1. The standard InChI is InChI=1S/C12H10ClNO2/c13-8-1-2-10-11(5-8)14-4-3-12(10)16-7-9-6-15-9/h1-5,9H,6-7H2/t9-/m0/s1. The van der Waals surface area contributed by atoms with Crippen molar-refractivity contribution in [1.29, 1.82) is 0 Å². The molecule has 2 aromatic rings. The van der Waals surface area contributed by atoms with Crippen LogP contribution in [0.15, 0.2) is 30.5 Å². The van der Waals surface area contributed by atoms with Gasteiger partial charge in [-0.05, 0) is 24.3 Å². The molecule has 1 saturated heterocycles. The maximum absolute atomic E-state index is 5.91. The van der Waals surface area contributed by atoms with Crippen LogP contribution in [0.5, 0.6) is 5.75 Å². The number of benzene rings is 1. The van der Waals surface area contributed by atoms with Crippen LogP contribution in [-0.2, 0) is 4.74 Å². The van der Waals surface area contributed by atoms with Gasteiger partial charge in [-0.25, -0.2) is 0 Å². The molecule has 0 bridgehead atoms. The number of halogens is 1. The van der Waals surface area contributed by atoms with Gasteiger partial charge in [-0.2, -0.15) is 0 Å². The number of epoxide rings is 1. The molecule has 82 valence electrons. The summed E-state index contributed by atoms with van der Waals surface area (Å²) in [6, 6.07) is 7.45. The molecule has 3 rings (SSSR count). The highest BCUT2D eigenvalue weighted by atomic mass is 35.5. The summed E-state index contributed by atoms with van der Waals surface area (Å²) in [6.07, 6.45) is 1.98. The number of hydrogen-bond donors (Lipinski definition) is 0. The molecule has 0 spiro atoms. The molecular formula is C12H10ClNO2. The van der Waals surface area contributed by atoms with Crippen molar-refractivity contribution < 1.29 is 9.47 Å².